The van der Waals surface area contributed by atoms with E-state index in [1.54, 1.807) is 0 Å². The van der Waals surface area contributed by atoms with Crippen LogP contribution in [0.4, 0.5) is 5.69 Å². The minimum Gasteiger partial charge on any atom is -0.465 e. The fraction of sp³-hybridized carbons (Fsp3) is 0.462. The molecule has 0 unspecified atom stereocenters. The third kappa shape index (κ3) is 2.84. The van der Waals surface area contributed by atoms with Crippen molar-refractivity contribution in [3.63, 3.8) is 0 Å². The molecule has 2 rings (SSSR count). The molecule has 98 valence electrons. The van der Waals surface area contributed by atoms with Crippen molar-refractivity contribution in [1.82, 2.24) is 4.90 Å². The van der Waals surface area contributed by atoms with Gasteiger partial charge >= 0.3 is 5.97 Å². The van der Waals surface area contributed by atoms with Gasteiger partial charge in [0.15, 0.2) is 0 Å². The fourth-order valence-electron chi connectivity index (χ4n) is 1.30. The van der Waals surface area contributed by atoms with Gasteiger partial charge in [-0.1, -0.05) is 0 Å². The number of piperazine rings is 1. The minimum atomic E-state index is -3.49. The number of carbonyl (C=O) groups is 1. The van der Waals surface area contributed by atoms with E-state index in [4.69, 9.17) is 15.1 Å². The average Bonchev–Trinajstić information content (AvgIpc) is 2.52. The smallest absolute Gasteiger partial charge is 0.339 e. The lowest BCUT2D eigenvalue weighted by Gasteiger charge is -2.34. The number of esters is 1. The zero-order valence-electron chi connectivity index (χ0n) is 20.3. The lowest BCUT2D eigenvalue weighted by molar-refractivity contribution is 0.0599. The van der Waals surface area contributed by atoms with Crippen molar-refractivity contribution in [2.45, 2.75) is 0 Å². The van der Waals surface area contributed by atoms with E-state index in [-0.39, 0.29) is 20.6 Å². The van der Waals surface area contributed by atoms with Crippen LogP contribution in [0.3, 0.4) is 0 Å². The molecule has 4 nitrogen and oxygen atoms in total. The highest BCUT2D eigenvalue weighted by Crippen LogP contribution is 2.25. The summed E-state index contributed by atoms with van der Waals surface area (Å²) >= 11 is 3.10. The van der Waals surface area contributed by atoms with Crippen molar-refractivity contribution in [1.29, 1.82) is 0 Å². The topological polar surface area (TPSA) is 32.8 Å². The Morgan fingerprint density at radius 3 is 2.78 bits per heavy atom. The van der Waals surface area contributed by atoms with Gasteiger partial charge < -0.3 is 14.5 Å². The van der Waals surface area contributed by atoms with Gasteiger partial charge in [0.25, 0.3) is 0 Å². The molecule has 0 bridgehead atoms. The van der Waals surface area contributed by atoms with E-state index in [0.717, 1.165) is 19.2 Å². The van der Waals surface area contributed by atoms with Gasteiger partial charge in [-0.25, -0.2) is 4.79 Å². The summed E-state index contributed by atoms with van der Waals surface area (Å²) in [4.78, 5) is 11.7. The Hall–Kier alpha value is -1.07. The van der Waals surface area contributed by atoms with Crippen LogP contribution in [0.15, 0.2) is 22.7 Å². The summed E-state index contributed by atoms with van der Waals surface area (Å²) in [6.45, 7) is -17.2. The molecule has 0 aliphatic carbocycles. The highest BCUT2D eigenvalue weighted by molar-refractivity contribution is 9.10. The van der Waals surface area contributed by atoms with Crippen LogP contribution in [0.5, 0.6) is 0 Å². The van der Waals surface area contributed by atoms with Gasteiger partial charge in [0.1, 0.15) is 0 Å². The van der Waals surface area contributed by atoms with E-state index in [2.05, 4.69) is 20.7 Å². The Bertz CT molecular complexity index is 799. The first-order valence-electron chi connectivity index (χ1n) is 10.3. The number of ether oxygens (including phenoxy) is 1. The van der Waals surface area contributed by atoms with Crippen LogP contribution in [0.25, 0.3) is 0 Å². The molecule has 0 aromatic heterocycles. The third-order valence-corrected chi connectivity index (χ3v) is 2.85. The van der Waals surface area contributed by atoms with Gasteiger partial charge in [0.05, 0.1) is 18.2 Å². The van der Waals surface area contributed by atoms with E-state index >= 15 is 0 Å². The van der Waals surface area contributed by atoms with Gasteiger partial charge in [0.2, 0.25) is 0 Å². The number of hydrogen-bond acceptors (Lipinski definition) is 4. The Labute approximate surface area is 131 Å². The summed E-state index contributed by atoms with van der Waals surface area (Å²) < 4.78 is 92.5. The van der Waals surface area contributed by atoms with Crippen LogP contribution < -0.4 is 4.90 Å². The molecule has 1 saturated heterocycles. The van der Waals surface area contributed by atoms with Gasteiger partial charge in [-0.3, -0.25) is 0 Å². The average molecular weight is 324 g/mol. The fourth-order valence-corrected chi connectivity index (χ4v) is 1.71. The van der Waals surface area contributed by atoms with Crippen molar-refractivity contribution < 1.29 is 24.6 Å². The molecule has 1 heterocycles. The van der Waals surface area contributed by atoms with E-state index in [1.165, 1.54) is 6.07 Å². The number of benzene rings is 1. The molecule has 1 fully saturated rings. The maximum absolute atomic E-state index is 11.9. The summed E-state index contributed by atoms with van der Waals surface area (Å²) in [5.74, 6) is -0.855. The number of carbonyl (C=O) groups excluding carboxylic acids is 1. The first-order chi connectivity index (χ1) is 12.8. The van der Waals surface area contributed by atoms with Crippen LogP contribution in [0.2, 0.25) is 0 Å². The predicted molar refractivity (Wildman–Crippen MR) is 75.2 cm³/mol. The van der Waals surface area contributed by atoms with Crippen LogP contribution in [-0.4, -0.2) is 50.9 Å². The second-order valence-electron chi connectivity index (χ2n) is 3.27. The highest BCUT2D eigenvalue weighted by atomic mass is 79.9. The Morgan fingerprint density at radius 2 is 2.17 bits per heavy atom. The number of methoxy groups -OCH3 is 1. The quantitative estimate of drug-likeness (QED) is 0.779. The number of likely N-dealkylation sites (N-methyl/N-ethyl adjacent to an activating group) is 1. The van der Waals surface area contributed by atoms with E-state index < -0.39 is 43.8 Å². The van der Waals surface area contributed by atoms with Crippen LogP contribution in [-0.2, 0) is 4.74 Å². The molecule has 0 spiro atoms. The molecule has 1 aromatic carbocycles. The van der Waals surface area contributed by atoms with Crippen LogP contribution in [0.1, 0.15) is 25.4 Å². The van der Waals surface area contributed by atoms with Crippen molar-refractivity contribution in [2.75, 3.05) is 45.0 Å². The van der Waals surface area contributed by atoms with Crippen molar-refractivity contribution in [2.24, 2.45) is 0 Å². The molecule has 1 aromatic rings. The predicted octanol–water partition coefficient (Wildman–Crippen LogP) is 1.99. The zero-order valence-corrected chi connectivity index (χ0v) is 10.9. The number of halogens is 1. The summed E-state index contributed by atoms with van der Waals surface area (Å²) in [6, 6.07) is 3.40. The molecule has 0 N–H and O–H groups in total. The first-order valence-corrected chi connectivity index (χ1v) is 5.63. The number of nitrogens with zero attached hydrogens (tertiary/aromatic N) is 2. The van der Waals surface area contributed by atoms with E-state index in [1.807, 2.05) is 0 Å². The second kappa shape index (κ2) is 5.71. The summed E-state index contributed by atoms with van der Waals surface area (Å²) in [6.07, 6.45) is 0. The molecule has 0 amide bonds. The summed E-state index contributed by atoms with van der Waals surface area (Å²) in [7, 11) is 1.09. The normalized spacial score (nSPS) is 37.7. The summed E-state index contributed by atoms with van der Waals surface area (Å²) in [5.41, 5.74) is -0.530. The van der Waals surface area contributed by atoms with Gasteiger partial charge in [0, 0.05) is 45.7 Å². The monoisotopic (exact) mass is 323 g/mol. The molecule has 18 heavy (non-hydrogen) atoms. The third-order valence-electron chi connectivity index (χ3n) is 2.16. The number of hydrogen-bond donors (Lipinski definition) is 0. The maximum atomic E-state index is 11.9. The lowest BCUT2D eigenvalue weighted by atomic mass is 10.1. The Morgan fingerprint density at radius 1 is 1.44 bits per heavy atom. The number of anilines is 1. The van der Waals surface area contributed by atoms with E-state index in [0.29, 0.717) is 0 Å². The first kappa shape index (κ1) is 5.13. The maximum Gasteiger partial charge on any atom is 0.339 e. The molecule has 1 aliphatic heterocycles. The Kier molecular flexibility index (Phi) is 1.63. The van der Waals surface area contributed by atoms with E-state index in [9.17, 15) is 4.79 Å². The molecule has 0 atom stereocenters. The second-order valence-corrected chi connectivity index (χ2v) is 4.13. The van der Waals surface area contributed by atoms with Crippen LogP contribution >= 0.6 is 15.9 Å². The molecule has 0 saturated carbocycles. The lowest BCUT2D eigenvalue weighted by Crippen LogP contribution is -2.44. The highest BCUT2D eigenvalue weighted by Gasteiger charge is 2.17. The number of rotatable bonds is 2. The van der Waals surface area contributed by atoms with Crippen molar-refractivity contribution in [3.8, 4) is 0 Å². The van der Waals surface area contributed by atoms with Gasteiger partial charge in [-0.05, 0) is 41.1 Å². The SMILES string of the molecule is [2H]C([2H])([2H])N1C([2H])([2H])C([2H])([2H])N(c2ccc(Br)c(C(=O)OC)c2)C([2H])([2H])C1([2H])[2H]. The summed E-state index contributed by atoms with van der Waals surface area (Å²) in [5, 5.41) is 0. The molecule has 1 aliphatic rings. The molecule has 5 heteroatoms. The standard InChI is InChI=1S/C13H17BrN2O2/c1-15-5-7-16(8-6-15)10-3-4-12(14)11(9-10)13(17)18-2/h3-4,9H,5-8H2,1-2H3/i1D3,5D2,6D2,7D2,8D2. The minimum absolute atomic E-state index is 0.143. The van der Waals surface area contributed by atoms with Crippen LogP contribution in [0, 0.1) is 0 Å². The molecular weight excluding hydrogens is 296 g/mol. The van der Waals surface area contributed by atoms with Gasteiger partial charge in [-0.15, -0.1) is 0 Å². The van der Waals surface area contributed by atoms with Crippen molar-refractivity contribution >= 4 is 27.6 Å². The van der Waals surface area contributed by atoms with Gasteiger partial charge in [-0.2, -0.15) is 0 Å². The van der Waals surface area contributed by atoms with Crippen molar-refractivity contribution in [3.05, 3.63) is 28.2 Å². The largest absolute Gasteiger partial charge is 0.465 e. The molecule has 0 radical (unpaired) electrons. The Balaban J connectivity index is 2.82. The molecular formula is C13H17BrN2O2. The zero-order chi connectivity index (χ0) is 22.8.